The topological polar surface area (TPSA) is 55.3 Å². The Bertz CT molecular complexity index is 390. The fraction of sp³-hybridized carbons (Fsp3) is 0.545. The largest absolute Gasteiger partial charge is 0.376 e. The van der Waals surface area contributed by atoms with Gasteiger partial charge in [-0.1, -0.05) is 11.6 Å². The lowest BCUT2D eigenvalue weighted by Crippen LogP contribution is -2.34. The van der Waals surface area contributed by atoms with Crippen molar-refractivity contribution in [2.24, 2.45) is 0 Å². The highest BCUT2D eigenvalue weighted by Crippen LogP contribution is 2.13. The summed E-state index contributed by atoms with van der Waals surface area (Å²) in [6.07, 6.45) is 2.21. The number of hydrogen-bond acceptors (Lipinski definition) is 4. The predicted octanol–water partition coefficient (Wildman–Crippen LogP) is 1.38. The maximum Gasteiger partial charge on any atom is 0.274 e. The van der Waals surface area contributed by atoms with E-state index in [9.17, 15) is 4.79 Å². The Labute approximate surface area is 105 Å². The standard InChI is InChI=1S/C11H14ClN3O2/c1-15(7-8-3-2-6-17-8)11(16)9-4-5-10(12)14-13-9/h4-5,8H,2-3,6-7H2,1H3. The molecule has 0 saturated carbocycles. The highest BCUT2D eigenvalue weighted by Gasteiger charge is 2.21. The highest BCUT2D eigenvalue weighted by molar-refractivity contribution is 6.29. The second-order valence-electron chi connectivity index (χ2n) is 4.06. The smallest absolute Gasteiger partial charge is 0.274 e. The summed E-state index contributed by atoms with van der Waals surface area (Å²) in [6, 6.07) is 3.13. The van der Waals surface area contributed by atoms with Crippen LogP contribution < -0.4 is 0 Å². The van der Waals surface area contributed by atoms with Crippen molar-refractivity contribution in [2.45, 2.75) is 18.9 Å². The van der Waals surface area contributed by atoms with E-state index in [4.69, 9.17) is 16.3 Å². The number of hydrogen-bond donors (Lipinski definition) is 0. The van der Waals surface area contributed by atoms with Crippen LogP contribution in [-0.4, -0.2) is 47.3 Å². The molecule has 6 heteroatoms. The quantitative estimate of drug-likeness (QED) is 0.819. The number of nitrogens with zero attached hydrogens (tertiary/aromatic N) is 3. The lowest BCUT2D eigenvalue weighted by Gasteiger charge is -2.20. The highest BCUT2D eigenvalue weighted by atomic mass is 35.5. The molecule has 0 aliphatic carbocycles. The van der Waals surface area contributed by atoms with E-state index in [1.807, 2.05) is 0 Å². The Morgan fingerprint density at radius 3 is 3.00 bits per heavy atom. The second-order valence-corrected chi connectivity index (χ2v) is 4.45. The van der Waals surface area contributed by atoms with E-state index in [0.717, 1.165) is 19.4 Å². The van der Waals surface area contributed by atoms with Crippen LogP contribution in [0, 0.1) is 0 Å². The van der Waals surface area contributed by atoms with Gasteiger partial charge in [0, 0.05) is 20.2 Å². The van der Waals surface area contributed by atoms with E-state index in [0.29, 0.717) is 12.2 Å². The third-order valence-electron chi connectivity index (χ3n) is 2.70. The molecule has 0 radical (unpaired) electrons. The Kier molecular flexibility index (Phi) is 3.91. The first-order valence-corrected chi connectivity index (χ1v) is 5.91. The van der Waals surface area contributed by atoms with Gasteiger partial charge in [0.2, 0.25) is 0 Å². The van der Waals surface area contributed by atoms with Crippen LogP contribution in [0.2, 0.25) is 5.15 Å². The minimum absolute atomic E-state index is 0.143. The Hall–Kier alpha value is -1.20. The molecule has 1 atom stereocenters. The number of aromatic nitrogens is 2. The van der Waals surface area contributed by atoms with Crippen LogP contribution in [0.5, 0.6) is 0 Å². The maximum absolute atomic E-state index is 12.0. The summed E-state index contributed by atoms with van der Waals surface area (Å²) in [5.74, 6) is -0.162. The van der Waals surface area contributed by atoms with Gasteiger partial charge in [0.1, 0.15) is 0 Å². The Morgan fingerprint density at radius 2 is 2.41 bits per heavy atom. The monoisotopic (exact) mass is 255 g/mol. The molecular weight excluding hydrogens is 242 g/mol. The zero-order chi connectivity index (χ0) is 12.3. The van der Waals surface area contributed by atoms with Gasteiger partial charge in [0.15, 0.2) is 10.8 Å². The Balaban J connectivity index is 1.96. The average molecular weight is 256 g/mol. The van der Waals surface area contributed by atoms with Gasteiger partial charge in [0.05, 0.1) is 6.10 Å². The molecule has 2 rings (SSSR count). The van der Waals surface area contributed by atoms with Crippen LogP contribution in [0.1, 0.15) is 23.3 Å². The van der Waals surface area contributed by atoms with Crippen LogP contribution in [0.25, 0.3) is 0 Å². The zero-order valence-electron chi connectivity index (χ0n) is 9.60. The Morgan fingerprint density at radius 1 is 1.59 bits per heavy atom. The van der Waals surface area contributed by atoms with Gasteiger partial charge < -0.3 is 9.64 Å². The van der Waals surface area contributed by atoms with Gasteiger partial charge in [-0.25, -0.2) is 0 Å². The van der Waals surface area contributed by atoms with Crippen molar-refractivity contribution in [3.63, 3.8) is 0 Å². The van der Waals surface area contributed by atoms with Crippen molar-refractivity contribution in [3.8, 4) is 0 Å². The molecule has 0 N–H and O–H groups in total. The van der Waals surface area contributed by atoms with Gasteiger partial charge in [-0.05, 0) is 25.0 Å². The van der Waals surface area contributed by atoms with E-state index in [1.165, 1.54) is 0 Å². The summed E-state index contributed by atoms with van der Waals surface area (Å²) >= 11 is 5.61. The third kappa shape index (κ3) is 3.14. The van der Waals surface area contributed by atoms with E-state index >= 15 is 0 Å². The van der Waals surface area contributed by atoms with Gasteiger partial charge in [-0.3, -0.25) is 4.79 Å². The predicted molar refractivity (Wildman–Crippen MR) is 63.0 cm³/mol. The van der Waals surface area contributed by atoms with Crippen LogP contribution in [0.3, 0.4) is 0 Å². The number of ether oxygens (including phenoxy) is 1. The van der Waals surface area contributed by atoms with Crippen LogP contribution in [0.15, 0.2) is 12.1 Å². The SMILES string of the molecule is CN(CC1CCCO1)C(=O)c1ccc(Cl)nn1. The summed E-state index contributed by atoms with van der Waals surface area (Å²) in [5.41, 5.74) is 0.301. The fourth-order valence-corrected chi connectivity index (χ4v) is 1.90. The first-order valence-electron chi connectivity index (χ1n) is 5.53. The maximum atomic E-state index is 12.0. The van der Waals surface area contributed by atoms with E-state index < -0.39 is 0 Å². The molecule has 1 aromatic rings. The molecule has 1 fully saturated rings. The molecule has 0 bridgehead atoms. The summed E-state index contributed by atoms with van der Waals surface area (Å²) in [4.78, 5) is 13.6. The molecule has 92 valence electrons. The van der Waals surface area contributed by atoms with Gasteiger partial charge in [-0.2, -0.15) is 0 Å². The minimum atomic E-state index is -0.162. The molecule has 1 aliphatic heterocycles. The molecule has 2 heterocycles. The van der Waals surface area contributed by atoms with Gasteiger partial charge >= 0.3 is 0 Å². The fourth-order valence-electron chi connectivity index (χ4n) is 1.80. The molecule has 1 aromatic heterocycles. The van der Waals surface area contributed by atoms with E-state index in [2.05, 4.69) is 10.2 Å². The van der Waals surface area contributed by atoms with Crippen LogP contribution in [0.4, 0.5) is 0 Å². The van der Waals surface area contributed by atoms with Gasteiger partial charge in [0.25, 0.3) is 5.91 Å². The van der Waals surface area contributed by atoms with Crippen molar-refractivity contribution in [1.82, 2.24) is 15.1 Å². The van der Waals surface area contributed by atoms with Crippen LogP contribution in [-0.2, 0) is 4.74 Å². The lowest BCUT2D eigenvalue weighted by molar-refractivity contribution is 0.0582. The van der Waals surface area contributed by atoms with Crippen molar-refractivity contribution in [3.05, 3.63) is 23.0 Å². The second kappa shape index (κ2) is 5.42. The number of amides is 1. The number of carbonyl (C=O) groups excluding carboxylic acids is 1. The molecular formula is C11H14ClN3O2. The van der Waals surface area contributed by atoms with Crippen molar-refractivity contribution >= 4 is 17.5 Å². The zero-order valence-corrected chi connectivity index (χ0v) is 10.4. The van der Waals surface area contributed by atoms with E-state index in [1.54, 1.807) is 24.1 Å². The van der Waals surface area contributed by atoms with Crippen LogP contribution >= 0.6 is 11.6 Å². The number of halogens is 1. The van der Waals surface area contributed by atoms with Crippen molar-refractivity contribution in [2.75, 3.05) is 20.2 Å². The van der Waals surface area contributed by atoms with Gasteiger partial charge in [-0.15, -0.1) is 10.2 Å². The number of likely N-dealkylation sites (N-methyl/N-ethyl adjacent to an activating group) is 1. The normalized spacial score (nSPS) is 19.3. The molecule has 0 spiro atoms. The van der Waals surface area contributed by atoms with Crippen molar-refractivity contribution in [1.29, 1.82) is 0 Å². The summed E-state index contributed by atoms with van der Waals surface area (Å²) in [6.45, 7) is 1.37. The minimum Gasteiger partial charge on any atom is -0.376 e. The molecule has 5 nitrogen and oxygen atoms in total. The first-order chi connectivity index (χ1) is 8.16. The lowest BCUT2D eigenvalue weighted by atomic mass is 10.2. The summed E-state index contributed by atoms with van der Waals surface area (Å²) < 4.78 is 5.48. The number of carbonyl (C=O) groups is 1. The molecule has 1 unspecified atom stereocenters. The average Bonchev–Trinajstić information content (AvgIpc) is 2.82. The van der Waals surface area contributed by atoms with E-state index in [-0.39, 0.29) is 17.2 Å². The molecule has 1 amide bonds. The molecule has 17 heavy (non-hydrogen) atoms. The number of rotatable bonds is 3. The first kappa shape index (κ1) is 12.3. The molecule has 1 aliphatic rings. The van der Waals surface area contributed by atoms with Crippen molar-refractivity contribution < 1.29 is 9.53 Å². The molecule has 1 saturated heterocycles. The molecule has 0 aromatic carbocycles. The summed E-state index contributed by atoms with van der Waals surface area (Å²) in [7, 11) is 1.74. The third-order valence-corrected chi connectivity index (χ3v) is 2.90. The summed E-state index contributed by atoms with van der Waals surface area (Å²) in [5, 5.41) is 7.69.